The van der Waals surface area contributed by atoms with Crippen molar-refractivity contribution in [2.24, 2.45) is 0 Å². The number of fused-ring (bicyclic) bond motifs is 1. The molecule has 1 aliphatic heterocycles. The van der Waals surface area contributed by atoms with Crippen LogP contribution in [0.5, 0.6) is 0 Å². The van der Waals surface area contributed by atoms with Gasteiger partial charge in [0, 0.05) is 31.1 Å². The first kappa shape index (κ1) is 14.6. The van der Waals surface area contributed by atoms with E-state index in [1.54, 1.807) is 6.92 Å². The maximum Gasteiger partial charge on any atom is 0.254 e. The molecular formula is C19H17N3O2. The van der Waals surface area contributed by atoms with Gasteiger partial charge in [0.05, 0.1) is 0 Å². The molecule has 24 heavy (non-hydrogen) atoms. The number of carbonyl (C=O) groups excluding carboxylic acids is 1. The van der Waals surface area contributed by atoms with Crippen molar-refractivity contribution in [2.75, 3.05) is 6.54 Å². The number of benzene rings is 2. The number of nitrogens with zero attached hydrogens (tertiary/aromatic N) is 3. The number of aromatic nitrogens is 2. The molecule has 3 aromatic rings. The van der Waals surface area contributed by atoms with Gasteiger partial charge in [-0.3, -0.25) is 4.79 Å². The Balaban J connectivity index is 1.59. The molecule has 0 unspecified atom stereocenters. The molecule has 0 spiro atoms. The summed E-state index contributed by atoms with van der Waals surface area (Å²) in [5.74, 6) is 1.05. The Hall–Kier alpha value is -2.95. The summed E-state index contributed by atoms with van der Waals surface area (Å²) in [6, 6.07) is 15.7. The molecule has 2 aromatic carbocycles. The van der Waals surface area contributed by atoms with E-state index in [4.69, 9.17) is 4.52 Å². The monoisotopic (exact) mass is 319 g/mol. The highest BCUT2D eigenvalue weighted by atomic mass is 16.5. The van der Waals surface area contributed by atoms with Gasteiger partial charge in [0.1, 0.15) is 0 Å². The zero-order valence-corrected chi connectivity index (χ0v) is 13.4. The highest BCUT2D eigenvalue weighted by Gasteiger charge is 2.22. The topological polar surface area (TPSA) is 59.2 Å². The van der Waals surface area contributed by atoms with Crippen LogP contribution in [0.2, 0.25) is 0 Å². The van der Waals surface area contributed by atoms with Crippen LogP contribution in [0.15, 0.2) is 53.1 Å². The van der Waals surface area contributed by atoms with Crippen LogP contribution in [-0.4, -0.2) is 27.5 Å². The van der Waals surface area contributed by atoms with Crippen molar-refractivity contribution in [3.63, 3.8) is 0 Å². The first-order chi connectivity index (χ1) is 11.7. The minimum atomic E-state index is 0.0339. The molecule has 0 fully saturated rings. The lowest BCUT2D eigenvalue weighted by atomic mass is 9.99. The largest absolute Gasteiger partial charge is 0.339 e. The predicted octanol–water partition coefficient (Wildman–Crippen LogP) is 3.24. The van der Waals surface area contributed by atoms with Crippen LogP contribution in [-0.2, 0) is 13.0 Å². The summed E-state index contributed by atoms with van der Waals surface area (Å²) in [6.45, 7) is 3.14. The number of amides is 1. The smallest absolute Gasteiger partial charge is 0.254 e. The van der Waals surface area contributed by atoms with Crippen LogP contribution in [0, 0.1) is 6.92 Å². The molecule has 0 radical (unpaired) electrons. The van der Waals surface area contributed by atoms with E-state index in [2.05, 4.69) is 22.3 Å². The van der Waals surface area contributed by atoms with E-state index in [1.165, 1.54) is 11.1 Å². The molecule has 5 heteroatoms. The summed E-state index contributed by atoms with van der Waals surface area (Å²) < 4.78 is 5.02. The van der Waals surface area contributed by atoms with Gasteiger partial charge in [0.15, 0.2) is 0 Å². The van der Waals surface area contributed by atoms with Crippen LogP contribution in [0.3, 0.4) is 0 Å². The van der Waals surface area contributed by atoms with Gasteiger partial charge in [-0.15, -0.1) is 0 Å². The van der Waals surface area contributed by atoms with Gasteiger partial charge < -0.3 is 9.42 Å². The Morgan fingerprint density at radius 2 is 1.96 bits per heavy atom. The van der Waals surface area contributed by atoms with E-state index in [0.29, 0.717) is 23.8 Å². The number of carbonyl (C=O) groups is 1. The fraction of sp³-hybridized carbons (Fsp3) is 0.211. The fourth-order valence-electron chi connectivity index (χ4n) is 3.06. The van der Waals surface area contributed by atoms with Gasteiger partial charge in [-0.1, -0.05) is 41.6 Å². The Morgan fingerprint density at radius 1 is 1.12 bits per heavy atom. The second kappa shape index (κ2) is 5.92. The maximum atomic E-state index is 12.9. The summed E-state index contributed by atoms with van der Waals surface area (Å²) in [5, 5.41) is 3.92. The van der Waals surface area contributed by atoms with Crippen molar-refractivity contribution in [1.29, 1.82) is 0 Å². The van der Waals surface area contributed by atoms with Gasteiger partial charge in [0.2, 0.25) is 11.7 Å². The van der Waals surface area contributed by atoms with Crippen LogP contribution < -0.4 is 0 Å². The molecule has 5 nitrogen and oxygen atoms in total. The second-order valence-electron chi connectivity index (χ2n) is 5.96. The quantitative estimate of drug-likeness (QED) is 0.727. The lowest BCUT2D eigenvalue weighted by Gasteiger charge is -2.29. The van der Waals surface area contributed by atoms with Crippen LogP contribution in [0.1, 0.15) is 27.4 Å². The molecular weight excluding hydrogens is 302 g/mol. The molecule has 1 amide bonds. The molecule has 2 heterocycles. The maximum absolute atomic E-state index is 12.9. The van der Waals surface area contributed by atoms with Crippen LogP contribution in [0.4, 0.5) is 0 Å². The second-order valence-corrected chi connectivity index (χ2v) is 5.96. The van der Waals surface area contributed by atoms with E-state index < -0.39 is 0 Å². The molecule has 0 atom stereocenters. The Bertz CT molecular complexity index is 901. The molecule has 0 saturated heterocycles. The van der Waals surface area contributed by atoms with Crippen LogP contribution in [0.25, 0.3) is 11.4 Å². The molecule has 4 rings (SSSR count). The average Bonchev–Trinajstić information content (AvgIpc) is 3.07. The minimum absolute atomic E-state index is 0.0339. The Morgan fingerprint density at radius 3 is 2.75 bits per heavy atom. The lowest BCUT2D eigenvalue weighted by Crippen LogP contribution is -2.35. The summed E-state index contributed by atoms with van der Waals surface area (Å²) in [7, 11) is 0. The number of hydrogen-bond donors (Lipinski definition) is 0. The van der Waals surface area contributed by atoms with Crippen molar-refractivity contribution in [1.82, 2.24) is 15.0 Å². The number of aryl methyl sites for hydroxylation is 1. The van der Waals surface area contributed by atoms with Gasteiger partial charge >= 0.3 is 0 Å². The molecule has 0 N–H and O–H groups in total. The average molecular weight is 319 g/mol. The van der Waals surface area contributed by atoms with Crippen molar-refractivity contribution in [3.8, 4) is 11.4 Å². The zero-order chi connectivity index (χ0) is 16.5. The number of rotatable bonds is 2. The van der Waals surface area contributed by atoms with Crippen molar-refractivity contribution < 1.29 is 9.32 Å². The summed E-state index contributed by atoms with van der Waals surface area (Å²) in [6.07, 6.45) is 0.894. The van der Waals surface area contributed by atoms with E-state index in [9.17, 15) is 4.79 Å². The van der Waals surface area contributed by atoms with Gasteiger partial charge in [-0.2, -0.15) is 4.98 Å². The SMILES string of the molecule is Cc1nc(-c2cccc(C(=O)N3CCc4ccccc4C3)c2)no1. The standard InChI is InChI=1S/C19H17N3O2/c1-13-20-18(21-24-13)15-7-4-8-16(11-15)19(23)22-10-9-14-5-2-3-6-17(14)12-22/h2-8,11H,9-10,12H2,1H3. The molecule has 1 aromatic heterocycles. The van der Waals surface area contributed by atoms with E-state index >= 15 is 0 Å². The molecule has 0 saturated carbocycles. The van der Waals surface area contributed by atoms with Crippen LogP contribution >= 0.6 is 0 Å². The normalized spacial score (nSPS) is 13.6. The Labute approximate surface area is 139 Å². The van der Waals surface area contributed by atoms with E-state index in [-0.39, 0.29) is 5.91 Å². The van der Waals surface area contributed by atoms with Crippen molar-refractivity contribution in [3.05, 3.63) is 71.1 Å². The fourth-order valence-corrected chi connectivity index (χ4v) is 3.06. The Kier molecular flexibility index (Phi) is 3.61. The molecule has 1 aliphatic rings. The van der Waals surface area contributed by atoms with Gasteiger partial charge in [-0.05, 0) is 29.7 Å². The minimum Gasteiger partial charge on any atom is -0.339 e. The van der Waals surface area contributed by atoms with Crippen molar-refractivity contribution in [2.45, 2.75) is 19.9 Å². The first-order valence-electron chi connectivity index (χ1n) is 7.97. The van der Waals surface area contributed by atoms with Gasteiger partial charge in [0.25, 0.3) is 5.91 Å². The van der Waals surface area contributed by atoms with E-state index in [1.807, 2.05) is 41.3 Å². The lowest BCUT2D eigenvalue weighted by molar-refractivity contribution is 0.0735. The van der Waals surface area contributed by atoms with Crippen molar-refractivity contribution >= 4 is 5.91 Å². The third kappa shape index (κ3) is 2.69. The first-order valence-corrected chi connectivity index (χ1v) is 7.97. The summed E-state index contributed by atoms with van der Waals surface area (Å²) >= 11 is 0. The summed E-state index contributed by atoms with van der Waals surface area (Å²) in [5.41, 5.74) is 3.99. The third-order valence-electron chi connectivity index (χ3n) is 4.31. The summed E-state index contributed by atoms with van der Waals surface area (Å²) in [4.78, 5) is 19.0. The highest BCUT2D eigenvalue weighted by molar-refractivity contribution is 5.95. The molecule has 0 bridgehead atoms. The highest BCUT2D eigenvalue weighted by Crippen LogP contribution is 2.22. The zero-order valence-electron chi connectivity index (χ0n) is 13.4. The third-order valence-corrected chi connectivity index (χ3v) is 4.31. The number of hydrogen-bond acceptors (Lipinski definition) is 4. The van der Waals surface area contributed by atoms with E-state index in [0.717, 1.165) is 18.5 Å². The molecule has 120 valence electrons. The predicted molar refractivity (Wildman–Crippen MR) is 89.4 cm³/mol. The molecule has 0 aliphatic carbocycles. The van der Waals surface area contributed by atoms with Gasteiger partial charge in [-0.25, -0.2) is 0 Å².